The molecular weight excluding hydrogens is 350 g/mol. The number of hydrogen-bond donors (Lipinski definition) is 1. The van der Waals surface area contributed by atoms with E-state index in [1.807, 2.05) is 0 Å². The standard InChI is InChI=1S/C20H43NO4S/c1-3-5-6-7-8-9-10-11-12-13-15-21(17-19-25-18-4-2)16-14-20-26(22,23)24/h3-20H2,1-2H3,(H,22,23,24). The van der Waals surface area contributed by atoms with Gasteiger partial charge in [-0.2, -0.15) is 8.42 Å². The maximum absolute atomic E-state index is 10.9. The Bertz CT molecular complexity index is 387. The van der Waals surface area contributed by atoms with Crippen LogP contribution >= 0.6 is 0 Å². The van der Waals surface area contributed by atoms with Gasteiger partial charge in [-0.1, -0.05) is 71.6 Å². The molecule has 158 valence electrons. The Morgan fingerprint density at radius 2 is 1.23 bits per heavy atom. The monoisotopic (exact) mass is 393 g/mol. The smallest absolute Gasteiger partial charge is 0.264 e. The van der Waals surface area contributed by atoms with Gasteiger partial charge in [0.25, 0.3) is 10.1 Å². The van der Waals surface area contributed by atoms with E-state index < -0.39 is 10.1 Å². The van der Waals surface area contributed by atoms with Crippen LogP contribution in [-0.4, -0.2) is 56.5 Å². The number of unbranched alkanes of at least 4 members (excludes halogenated alkanes) is 9. The molecule has 0 aliphatic rings. The lowest BCUT2D eigenvalue weighted by Gasteiger charge is -2.22. The Balaban J connectivity index is 3.76. The molecule has 6 heteroatoms. The molecule has 0 radical (unpaired) electrons. The highest BCUT2D eigenvalue weighted by molar-refractivity contribution is 7.85. The van der Waals surface area contributed by atoms with Crippen LogP contribution in [0.1, 0.15) is 90.9 Å². The van der Waals surface area contributed by atoms with Crippen LogP contribution in [0, 0.1) is 0 Å². The third kappa shape index (κ3) is 20.1. The average molecular weight is 394 g/mol. The molecule has 0 aromatic heterocycles. The molecule has 0 saturated carbocycles. The molecule has 0 unspecified atom stereocenters. The summed E-state index contributed by atoms with van der Waals surface area (Å²) in [5.74, 6) is -0.155. The minimum Gasteiger partial charge on any atom is -0.380 e. The van der Waals surface area contributed by atoms with Gasteiger partial charge in [-0.25, -0.2) is 0 Å². The fourth-order valence-corrected chi connectivity index (χ4v) is 3.56. The predicted molar refractivity (Wildman–Crippen MR) is 110 cm³/mol. The summed E-state index contributed by atoms with van der Waals surface area (Å²) < 4.78 is 36.2. The van der Waals surface area contributed by atoms with Gasteiger partial charge in [0.2, 0.25) is 0 Å². The first-order valence-corrected chi connectivity index (χ1v) is 12.4. The van der Waals surface area contributed by atoms with Gasteiger partial charge in [0, 0.05) is 13.2 Å². The lowest BCUT2D eigenvalue weighted by atomic mass is 10.1. The number of nitrogens with zero attached hydrogens (tertiary/aromatic N) is 1. The van der Waals surface area contributed by atoms with Gasteiger partial charge >= 0.3 is 0 Å². The molecule has 0 aromatic rings. The van der Waals surface area contributed by atoms with Crippen molar-refractivity contribution in [1.82, 2.24) is 4.90 Å². The van der Waals surface area contributed by atoms with Crippen molar-refractivity contribution in [2.45, 2.75) is 90.9 Å². The Hall–Kier alpha value is -0.170. The second-order valence-corrected chi connectivity index (χ2v) is 8.85. The lowest BCUT2D eigenvalue weighted by molar-refractivity contribution is 0.103. The van der Waals surface area contributed by atoms with E-state index in [4.69, 9.17) is 9.29 Å². The fourth-order valence-electron chi connectivity index (χ4n) is 3.07. The highest BCUT2D eigenvalue weighted by Crippen LogP contribution is 2.11. The zero-order chi connectivity index (χ0) is 19.5. The van der Waals surface area contributed by atoms with E-state index in [1.54, 1.807) is 0 Å². The van der Waals surface area contributed by atoms with E-state index in [9.17, 15) is 8.42 Å². The van der Waals surface area contributed by atoms with Crippen molar-refractivity contribution >= 4 is 10.1 Å². The summed E-state index contributed by atoms with van der Waals surface area (Å²) in [6.45, 7) is 8.33. The molecule has 0 rings (SSSR count). The Morgan fingerprint density at radius 1 is 0.692 bits per heavy atom. The lowest BCUT2D eigenvalue weighted by Crippen LogP contribution is -2.31. The first kappa shape index (κ1) is 25.8. The largest absolute Gasteiger partial charge is 0.380 e. The van der Waals surface area contributed by atoms with Crippen LogP contribution in [-0.2, 0) is 14.9 Å². The van der Waals surface area contributed by atoms with Gasteiger partial charge in [0.1, 0.15) is 0 Å². The summed E-state index contributed by atoms with van der Waals surface area (Å²) in [6, 6.07) is 0. The summed E-state index contributed by atoms with van der Waals surface area (Å²) >= 11 is 0. The summed E-state index contributed by atoms with van der Waals surface area (Å²) in [5, 5.41) is 0. The van der Waals surface area contributed by atoms with Crippen LogP contribution < -0.4 is 0 Å². The third-order valence-electron chi connectivity index (χ3n) is 4.60. The maximum atomic E-state index is 10.9. The van der Waals surface area contributed by atoms with Gasteiger partial charge in [-0.05, 0) is 32.4 Å². The van der Waals surface area contributed by atoms with Crippen molar-refractivity contribution < 1.29 is 17.7 Å². The second-order valence-electron chi connectivity index (χ2n) is 7.28. The Kier molecular flexibility index (Phi) is 18.1. The molecule has 26 heavy (non-hydrogen) atoms. The third-order valence-corrected chi connectivity index (χ3v) is 5.41. The summed E-state index contributed by atoms with van der Waals surface area (Å²) in [7, 11) is -3.85. The fraction of sp³-hybridized carbons (Fsp3) is 1.00. The van der Waals surface area contributed by atoms with Crippen LogP contribution in [0.15, 0.2) is 0 Å². The van der Waals surface area contributed by atoms with Crippen LogP contribution in [0.4, 0.5) is 0 Å². The van der Waals surface area contributed by atoms with E-state index in [-0.39, 0.29) is 5.75 Å². The van der Waals surface area contributed by atoms with Crippen molar-refractivity contribution in [2.75, 3.05) is 38.6 Å². The Labute approximate surface area is 162 Å². The minimum atomic E-state index is -3.85. The van der Waals surface area contributed by atoms with Crippen molar-refractivity contribution in [1.29, 1.82) is 0 Å². The molecule has 0 amide bonds. The molecular formula is C20H43NO4S. The molecule has 0 heterocycles. The predicted octanol–water partition coefficient (Wildman–Crippen LogP) is 4.91. The molecule has 0 fully saturated rings. The molecule has 0 aliphatic heterocycles. The summed E-state index contributed by atoms with van der Waals surface area (Å²) in [5.41, 5.74) is 0. The van der Waals surface area contributed by atoms with Crippen LogP contribution in [0.2, 0.25) is 0 Å². The second kappa shape index (κ2) is 18.2. The SMILES string of the molecule is CCCCCCCCCCCCN(CCCS(=O)(=O)O)CCOCCC. The molecule has 0 bridgehead atoms. The topological polar surface area (TPSA) is 66.8 Å². The van der Waals surface area contributed by atoms with Gasteiger partial charge in [0.15, 0.2) is 0 Å². The molecule has 0 atom stereocenters. The molecule has 0 saturated heterocycles. The van der Waals surface area contributed by atoms with Gasteiger partial charge in [-0.15, -0.1) is 0 Å². The number of hydrogen-bond acceptors (Lipinski definition) is 4. The van der Waals surface area contributed by atoms with E-state index in [1.165, 1.54) is 57.8 Å². The van der Waals surface area contributed by atoms with Crippen LogP contribution in [0.3, 0.4) is 0 Å². The molecule has 5 nitrogen and oxygen atoms in total. The highest BCUT2D eigenvalue weighted by atomic mass is 32.2. The van der Waals surface area contributed by atoms with Crippen molar-refractivity contribution in [3.63, 3.8) is 0 Å². The molecule has 0 aromatic carbocycles. The molecule has 0 spiro atoms. The van der Waals surface area contributed by atoms with Gasteiger partial charge in [-0.3, -0.25) is 4.55 Å². The Morgan fingerprint density at radius 3 is 1.77 bits per heavy atom. The number of ether oxygens (including phenoxy) is 1. The summed E-state index contributed by atoms with van der Waals surface area (Å²) in [6.07, 6.45) is 14.7. The van der Waals surface area contributed by atoms with Crippen LogP contribution in [0.5, 0.6) is 0 Å². The van der Waals surface area contributed by atoms with E-state index in [0.29, 0.717) is 19.6 Å². The van der Waals surface area contributed by atoms with Gasteiger partial charge < -0.3 is 9.64 Å². The maximum Gasteiger partial charge on any atom is 0.264 e. The van der Waals surface area contributed by atoms with Crippen molar-refractivity contribution in [3.05, 3.63) is 0 Å². The van der Waals surface area contributed by atoms with E-state index in [2.05, 4.69) is 18.7 Å². The summed E-state index contributed by atoms with van der Waals surface area (Å²) in [4.78, 5) is 2.27. The van der Waals surface area contributed by atoms with E-state index in [0.717, 1.165) is 32.5 Å². The number of rotatable bonds is 20. The normalized spacial score (nSPS) is 12.2. The molecule has 1 N–H and O–H groups in total. The van der Waals surface area contributed by atoms with Gasteiger partial charge in [0.05, 0.1) is 12.4 Å². The first-order chi connectivity index (χ1) is 12.5. The minimum absolute atomic E-state index is 0.155. The van der Waals surface area contributed by atoms with Crippen molar-refractivity contribution in [2.24, 2.45) is 0 Å². The quantitative estimate of drug-likeness (QED) is 0.235. The average Bonchev–Trinajstić information content (AvgIpc) is 2.58. The van der Waals surface area contributed by atoms with E-state index >= 15 is 0 Å². The zero-order valence-corrected chi connectivity index (χ0v) is 18.1. The molecule has 0 aliphatic carbocycles. The highest BCUT2D eigenvalue weighted by Gasteiger charge is 2.09. The van der Waals surface area contributed by atoms with Crippen molar-refractivity contribution in [3.8, 4) is 0 Å². The zero-order valence-electron chi connectivity index (χ0n) is 17.3. The van der Waals surface area contributed by atoms with Crippen LogP contribution in [0.25, 0.3) is 0 Å². The first-order valence-electron chi connectivity index (χ1n) is 10.7.